The molecule has 1 fully saturated rings. The maximum Gasteiger partial charge on any atom is 0.294 e. The number of hydrogen-bond acceptors (Lipinski definition) is 6. The molecule has 0 aliphatic carbocycles. The van der Waals surface area contributed by atoms with E-state index in [1.807, 2.05) is 29.2 Å². The Hall–Kier alpha value is -2.49. The number of nitrogens with zero attached hydrogens (tertiary/aromatic N) is 3. The molecule has 142 valence electrons. The van der Waals surface area contributed by atoms with Crippen LogP contribution in [0.1, 0.15) is 5.56 Å². The van der Waals surface area contributed by atoms with Crippen molar-refractivity contribution >= 4 is 27.1 Å². The number of fused-ring (bicyclic) bond motifs is 1. The molecule has 2 aliphatic rings. The van der Waals surface area contributed by atoms with Crippen LogP contribution in [0.5, 0.6) is 0 Å². The Labute approximate surface area is 157 Å². The number of ether oxygens (including phenoxy) is 1. The highest BCUT2D eigenvalue weighted by Crippen LogP contribution is 2.40. The van der Waals surface area contributed by atoms with Gasteiger partial charge in [-0.05, 0) is 30.2 Å². The largest absolute Gasteiger partial charge is 0.379 e. The normalized spacial score (nSPS) is 17.7. The van der Waals surface area contributed by atoms with E-state index in [0.29, 0.717) is 25.4 Å². The maximum atomic E-state index is 12.8. The minimum absolute atomic E-state index is 0.0627. The second-order valence-electron chi connectivity index (χ2n) is 6.45. The van der Waals surface area contributed by atoms with Crippen molar-refractivity contribution in [2.24, 2.45) is 0 Å². The highest BCUT2D eigenvalue weighted by Gasteiger charge is 2.31. The summed E-state index contributed by atoms with van der Waals surface area (Å²) in [7, 11) is -3.79. The van der Waals surface area contributed by atoms with Crippen molar-refractivity contribution in [2.75, 3.05) is 37.7 Å². The minimum atomic E-state index is -3.79. The van der Waals surface area contributed by atoms with Crippen molar-refractivity contribution in [3.05, 3.63) is 58.1 Å². The highest BCUT2D eigenvalue weighted by atomic mass is 32.2. The predicted octanol–water partition coefficient (Wildman–Crippen LogP) is 2.31. The molecule has 0 bridgehead atoms. The Morgan fingerprint density at radius 2 is 1.74 bits per heavy atom. The monoisotopic (exact) mass is 389 g/mol. The Balaban J connectivity index is 1.75. The molecule has 0 N–H and O–H groups in total. The van der Waals surface area contributed by atoms with Gasteiger partial charge in [-0.3, -0.25) is 10.1 Å². The smallest absolute Gasteiger partial charge is 0.294 e. The molecular weight excluding hydrogens is 370 g/mol. The van der Waals surface area contributed by atoms with Crippen LogP contribution in [0.25, 0.3) is 0 Å². The van der Waals surface area contributed by atoms with Crippen LogP contribution in [-0.2, 0) is 21.2 Å². The van der Waals surface area contributed by atoms with Crippen LogP contribution in [0.4, 0.5) is 17.1 Å². The summed E-state index contributed by atoms with van der Waals surface area (Å²) in [5.41, 5.74) is 2.24. The fourth-order valence-electron chi connectivity index (χ4n) is 3.56. The first kappa shape index (κ1) is 17.9. The van der Waals surface area contributed by atoms with Gasteiger partial charge < -0.3 is 9.64 Å². The van der Waals surface area contributed by atoms with Gasteiger partial charge in [-0.1, -0.05) is 18.2 Å². The summed E-state index contributed by atoms with van der Waals surface area (Å²) in [6, 6.07) is 11.9. The third-order valence-electron chi connectivity index (χ3n) is 4.93. The average molecular weight is 389 g/mol. The van der Waals surface area contributed by atoms with Crippen LogP contribution in [0.3, 0.4) is 0 Å². The molecule has 2 heterocycles. The summed E-state index contributed by atoms with van der Waals surface area (Å²) in [5.74, 6) is 0. The van der Waals surface area contributed by atoms with Crippen molar-refractivity contribution in [3.8, 4) is 0 Å². The van der Waals surface area contributed by atoms with Gasteiger partial charge in [0, 0.05) is 31.4 Å². The maximum absolute atomic E-state index is 12.8. The first-order valence-corrected chi connectivity index (χ1v) is 10.1. The first-order chi connectivity index (χ1) is 13.0. The molecule has 0 saturated carbocycles. The lowest BCUT2D eigenvalue weighted by molar-refractivity contribution is -0.384. The molecule has 27 heavy (non-hydrogen) atoms. The van der Waals surface area contributed by atoms with Crippen LogP contribution in [0.15, 0.2) is 47.4 Å². The van der Waals surface area contributed by atoms with Gasteiger partial charge in [-0.2, -0.15) is 4.31 Å². The van der Waals surface area contributed by atoms with Gasteiger partial charge in [0.25, 0.3) is 5.69 Å². The second kappa shape index (κ2) is 6.91. The molecule has 0 radical (unpaired) electrons. The van der Waals surface area contributed by atoms with Gasteiger partial charge in [-0.25, -0.2) is 8.42 Å². The van der Waals surface area contributed by atoms with Gasteiger partial charge in [0.2, 0.25) is 10.0 Å². The molecule has 0 unspecified atom stereocenters. The van der Waals surface area contributed by atoms with E-state index in [1.165, 1.54) is 22.5 Å². The van der Waals surface area contributed by atoms with Crippen molar-refractivity contribution in [1.29, 1.82) is 0 Å². The molecule has 2 aromatic rings. The molecule has 1 saturated heterocycles. The minimum Gasteiger partial charge on any atom is -0.379 e. The number of nitro benzene ring substituents is 1. The molecular formula is C18H19N3O5S. The Bertz CT molecular complexity index is 986. The SMILES string of the molecule is O=[N+]([O-])c1cc(S(=O)(=O)N2CCOCC2)ccc1N1CCc2ccccc21. The van der Waals surface area contributed by atoms with Gasteiger partial charge in [0.1, 0.15) is 5.69 Å². The van der Waals surface area contributed by atoms with Crippen molar-refractivity contribution in [3.63, 3.8) is 0 Å². The standard InChI is InChI=1S/C18H19N3O5S/c22-21(23)18-13-15(27(24,25)19-9-11-26-12-10-19)5-6-17(18)20-8-7-14-3-1-2-4-16(14)20/h1-6,13H,7-12H2. The first-order valence-electron chi connectivity index (χ1n) is 8.70. The van der Waals surface area contributed by atoms with E-state index in [0.717, 1.165) is 17.7 Å². The second-order valence-corrected chi connectivity index (χ2v) is 8.39. The predicted molar refractivity (Wildman–Crippen MR) is 99.8 cm³/mol. The van der Waals surface area contributed by atoms with Crippen LogP contribution in [0, 0.1) is 10.1 Å². The van der Waals surface area contributed by atoms with Crippen molar-refractivity contribution in [2.45, 2.75) is 11.3 Å². The molecule has 8 nitrogen and oxygen atoms in total. The number of nitro groups is 1. The number of rotatable bonds is 4. The summed E-state index contributed by atoms with van der Waals surface area (Å²) >= 11 is 0. The third kappa shape index (κ3) is 3.18. The highest BCUT2D eigenvalue weighted by molar-refractivity contribution is 7.89. The lowest BCUT2D eigenvalue weighted by atomic mass is 10.2. The van der Waals surface area contributed by atoms with Crippen molar-refractivity contribution < 1.29 is 18.1 Å². The lowest BCUT2D eigenvalue weighted by Gasteiger charge is -2.26. The summed E-state index contributed by atoms with van der Waals surface area (Å²) in [6.07, 6.45) is 0.793. The van der Waals surface area contributed by atoms with Crippen LogP contribution < -0.4 is 4.90 Å². The number of anilines is 2. The summed E-state index contributed by atoms with van der Waals surface area (Å²) in [4.78, 5) is 13.0. The molecule has 4 rings (SSSR count). The zero-order valence-electron chi connectivity index (χ0n) is 14.6. The quantitative estimate of drug-likeness (QED) is 0.588. The van der Waals surface area contributed by atoms with Crippen LogP contribution in [-0.4, -0.2) is 50.5 Å². The number of benzene rings is 2. The molecule has 0 amide bonds. The van der Waals surface area contributed by atoms with Gasteiger partial charge in [0.15, 0.2) is 0 Å². The van der Waals surface area contributed by atoms with E-state index in [1.54, 1.807) is 0 Å². The fourth-order valence-corrected chi connectivity index (χ4v) is 4.99. The topological polar surface area (TPSA) is 93.0 Å². The summed E-state index contributed by atoms with van der Waals surface area (Å²) in [6.45, 7) is 1.76. The molecule has 2 aliphatic heterocycles. The molecule has 9 heteroatoms. The zero-order valence-corrected chi connectivity index (χ0v) is 15.4. The van der Waals surface area contributed by atoms with Crippen LogP contribution >= 0.6 is 0 Å². The summed E-state index contributed by atoms with van der Waals surface area (Å²) in [5, 5.41) is 11.7. The molecule has 0 atom stereocenters. The third-order valence-corrected chi connectivity index (χ3v) is 6.82. The lowest BCUT2D eigenvalue weighted by Crippen LogP contribution is -2.40. The van der Waals surface area contributed by atoms with E-state index in [2.05, 4.69) is 0 Å². The Morgan fingerprint density at radius 3 is 2.48 bits per heavy atom. The van der Waals surface area contributed by atoms with E-state index >= 15 is 0 Å². The summed E-state index contributed by atoms with van der Waals surface area (Å²) < 4.78 is 32.2. The van der Waals surface area contributed by atoms with E-state index < -0.39 is 14.9 Å². The van der Waals surface area contributed by atoms with Gasteiger partial charge >= 0.3 is 0 Å². The van der Waals surface area contributed by atoms with Crippen LogP contribution in [0.2, 0.25) is 0 Å². The Morgan fingerprint density at radius 1 is 1.00 bits per heavy atom. The van der Waals surface area contributed by atoms with E-state index in [-0.39, 0.29) is 23.7 Å². The van der Waals surface area contributed by atoms with Gasteiger partial charge in [0.05, 0.1) is 23.0 Å². The molecule has 0 aromatic heterocycles. The zero-order chi connectivity index (χ0) is 19.0. The van der Waals surface area contributed by atoms with E-state index in [4.69, 9.17) is 4.74 Å². The number of morpholine rings is 1. The fraction of sp³-hybridized carbons (Fsp3) is 0.333. The number of hydrogen-bond donors (Lipinski definition) is 0. The van der Waals surface area contributed by atoms with Crippen molar-refractivity contribution in [1.82, 2.24) is 4.31 Å². The number of sulfonamides is 1. The number of para-hydroxylation sites is 1. The van der Waals surface area contributed by atoms with Gasteiger partial charge in [-0.15, -0.1) is 0 Å². The average Bonchev–Trinajstić information content (AvgIpc) is 3.12. The van der Waals surface area contributed by atoms with E-state index in [9.17, 15) is 18.5 Å². The molecule has 2 aromatic carbocycles. The molecule has 0 spiro atoms. The Kier molecular flexibility index (Phi) is 4.58.